The third-order valence-corrected chi connectivity index (χ3v) is 5.54. The number of carbonyl (C=O) groups is 4. The molecule has 0 saturated heterocycles. The average Bonchev–Trinajstić information content (AvgIpc) is 2.86. The maximum absolute atomic E-state index is 12.6. The van der Waals surface area contributed by atoms with Crippen molar-refractivity contribution in [2.45, 2.75) is 12.8 Å². The summed E-state index contributed by atoms with van der Waals surface area (Å²) in [6, 6.07) is 20.6. The molecule has 0 atom stereocenters. The molecule has 186 valence electrons. The van der Waals surface area contributed by atoms with Crippen molar-refractivity contribution >= 4 is 35.0 Å². The molecule has 2 N–H and O–H groups in total. The van der Waals surface area contributed by atoms with Gasteiger partial charge in [0, 0.05) is 50.7 Å². The van der Waals surface area contributed by atoms with Crippen molar-refractivity contribution < 1.29 is 19.2 Å². The highest BCUT2D eigenvalue weighted by molar-refractivity contribution is 6.07. The summed E-state index contributed by atoms with van der Waals surface area (Å²) in [6.45, 7) is 0. The van der Waals surface area contributed by atoms with E-state index in [1.165, 1.54) is 9.80 Å². The molecule has 0 heterocycles. The van der Waals surface area contributed by atoms with Crippen LogP contribution < -0.4 is 10.6 Å². The lowest BCUT2D eigenvalue weighted by Gasteiger charge is -2.11. The van der Waals surface area contributed by atoms with Crippen LogP contribution in [0.3, 0.4) is 0 Å². The fourth-order valence-corrected chi connectivity index (χ4v) is 3.26. The summed E-state index contributed by atoms with van der Waals surface area (Å²) < 4.78 is 0. The molecule has 0 aromatic heterocycles. The van der Waals surface area contributed by atoms with Crippen LogP contribution in [-0.2, 0) is 22.4 Å². The van der Waals surface area contributed by atoms with E-state index in [0.717, 1.165) is 11.1 Å². The topological polar surface area (TPSA) is 98.8 Å². The van der Waals surface area contributed by atoms with Crippen LogP contribution in [0.25, 0.3) is 0 Å². The van der Waals surface area contributed by atoms with Crippen LogP contribution in [0, 0.1) is 0 Å². The second-order valence-corrected chi connectivity index (χ2v) is 8.81. The molecule has 3 rings (SSSR count). The minimum atomic E-state index is -0.304. The summed E-state index contributed by atoms with van der Waals surface area (Å²) in [5.74, 6) is -0.599. The van der Waals surface area contributed by atoms with E-state index < -0.39 is 0 Å². The first-order chi connectivity index (χ1) is 17.1. The van der Waals surface area contributed by atoms with Crippen LogP contribution in [-0.4, -0.2) is 61.6 Å². The lowest BCUT2D eigenvalue weighted by atomic mass is 10.1. The van der Waals surface area contributed by atoms with E-state index in [0.29, 0.717) is 35.3 Å². The molecule has 0 bridgehead atoms. The van der Waals surface area contributed by atoms with Crippen LogP contribution in [0.2, 0.25) is 0 Å². The molecule has 8 nitrogen and oxygen atoms in total. The number of anilines is 2. The van der Waals surface area contributed by atoms with Crippen molar-refractivity contribution in [3.8, 4) is 0 Å². The molecule has 0 aliphatic rings. The third kappa shape index (κ3) is 7.27. The Balaban J connectivity index is 1.55. The van der Waals surface area contributed by atoms with Gasteiger partial charge in [0.05, 0.1) is 12.8 Å². The Morgan fingerprint density at radius 1 is 0.528 bits per heavy atom. The Kier molecular flexibility index (Phi) is 8.57. The zero-order valence-electron chi connectivity index (χ0n) is 20.9. The largest absolute Gasteiger partial charge is 0.349 e. The van der Waals surface area contributed by atoms with E-state index in [1.807, 2.05) is 0 Å². The maximum atomic E-state index is 12.6. The van der Waals surface area contributed by atoms with Crippen LogP contribution in [0.5, 0.6) is 0 Å². The van der Waals surface area contributed by atoms with Gasteiger partial charge < -0.3 is 20.4 Å². The molecule has 3 aromatic carbocycles. The Labute approximate surface area is 210 Å². The molecule has 0 radical (unpaired) electrons. The van der Waals surface area contributed by atoms with Crippen LogP contribution >= 0.6 is 0 Å². The van der Waals surface area contributed by atoms with Gasteiger partial charge in [-0.05, 0) is 59.7 Å². The second kappa shape index (κ2) is 11.8. The number of hydrogen-bond donors (Lipinski definition) is 2. The summed E-state index contributed by atoms with van der Waals surface area (Å²) in [5, 5.41) is 5.63. The van der Waals surface area contributed by atoms with Crippen molar-refractivity contribution in [3.05, 3.63) is 95.1 Å². The van der Waals surface area contributed by atoms with E-state index in [2.05, 4.69) is 10.6 Å². The summed E-state index contributed by atoms with van der Waals surface area (Å²) >= 11 is 0. The standard InChI is InChI=1S/C28H30N4O4/c1-31(2)25(33)17-19-5-13-23(14-6-19)29-27(35)21-9-11-22(12-10-21)28(36)30-24-15-7-20(8-16-24)18-26(34)32(3)4/h5-16H,17-18H2,1-4H3,(H,29,35)(H,30,36). The van der Waals surface area contributed by atoms with E-state index >= 15 is 0 Å². The van der Waals surface area contributed by atoms with Gasteiger partial charge in [0.1, 0.15) is 0 Å². The van der Waals surface area contributed by atoms with Crippen molar-refractivity contribution in [1.29, 1.82) is 0 Å². The minimum absolute atomic E-state index is 0.00409. The SMILES string of the molecule is CN(C)C(=O)Cc1ccc(NC(=O)c2ccc(C(=O)Nc3ccc(CC(=O)N(C)C)cc3)cc2)cc1. The highest BCUT2D eigenvalue weighted by atomic mass is 16.2. The number of amides is 4. The quantitative estimate of drug-likeness (QED) is 0.510. The molecular weight excluding hydrogens is 456 g/mol. The zero-order chi connectivity index (χ0) is 26.2. The van der Waals surface area contributed by atoms with Gasteiger partial charge >= 0.3 is 0 Å². The number of likely N-dealkylation sites (N-methyl/N-ethyl adjacent to an activating group) is 2. The summed E-state index contributed by atoms with van der Waals surface area (Å²) in [5.41, 5.74) is 3.76. The van der Waals surface area contributed by atoms with Crippen molar-refractivity contribution in [1.82, 2.24) is 9.80 Å². The Morgan fingerprint density at radius 2 is 0.833 bits per heavy atom. The first-order valence-corrected chi connectivity index (χ1v) is 11.4. The minimum Gasteiger partial charge on any atom is -0.349 e. The van der Waals surface area contributed by atoms with Gasteiger partial charge in [0.2, 0.25) is 11.8 Å². The average molecular weight is 487 g/mol. The predicted molar refractivity (Wildman–Crippen MR) is 140 cm³/mol. The number of nitrogens with zero attached hydrogens (tertiary/aromatic N) is 2. The molecule has 36 heavy (non-hydrogen) atoms. The second-order valence-electron chi connectivity index (χ2n) is 8.81. The van der Waals surface area contributed by atoms with Gasteiger partial charge in [0.25, 0.3) is 11.8 Å². The van der Waals surface area contributed by atoms with Gasteiger partial charge in [-0.25, -0.2) is 0 Å². The molecule has 3 aromatic rings. The molecule has 0 spiro atoms. The number of rotatable bonds is 8. The van der Waals surface area contributed by atoms with Gasteiger partial charge in [-0.2, -0.15) is 0 Å². The fraction of sp³-hybridized carbons (Fsp3) is 0.214. The van der Waals surface area contributed by atoms with Gasteiger partial charge in [-0.3, -0.25) is 19.2 Å². The molecule has 0 unspecified atom stereocenters. The zero-order valence-corrected chi connectivity index (χ0v) is 20.9. The highest BCUT2D eigenvalue weighted by Gasteiger charge is 2.11. The van der Waals surface area contributed by atoms with Crippen molar-refractivity contribution in [2.75, 3.05) is 38.8 Å². The molecule has 0 aliphatic carbocycles. The smallest absolute Gasteiger partial charge is 0.255 e. The monoisotopic (exact) mass is 486 g/mol. The first-order valence-electron chi connectivity index (χ1n) is 11.4. The Hall–Kier alpha value is -4.46. The molecule has 8 heteroatoms. The van der Waals surface area contributed by atoms with Crippen LogP contribution in [0.15, 0.2) is 72.8 Å². The normalized spacial score (nSPS) is 10.3. The fourth-order valence-electron chi connectivity index (χ4n) is 3.26. The summed E-state index contributed by atoms with van der Waals surface area (Å²) in [6.07, 6.45) is 0.593. The van der Waals surface area contributed by atoms with Crippen molar-refractivity contribution in [2.24, 2.45) is 0 Å². The number of hydrogen-bond acceptors (Lipinski definition) is 4. The van der Waals surface area contributed by atoms with Gasteiger partial charge in [-0.1, -0.05) is 24.3 Å². The van der Waals surface area contributed by atoms with E-state index in [9.17, 15) is 19.2 Å². The molecule has 0 aliphatic heterocycles. The van der Waals surface area contributed by atoms with Gasteiger partial charge in [-0.15, -0.1) is 0 Å². The van der Waals surface area contributed by atoms with E-state index in [-0.39, 0.29) is 23.6 Å². The van der Waals surface area contributed by atoms with Crippen LogP contribution in [0.1, 0.15) is 31.8 Å². The molecule has 0 saturated carbocycles. The Bertz CT molecular complexity index is 1130. The summed E-state index contributed by atoms with van der Waals surface area (Å²) in [7, 11) is 6.84. The maximum Gasteiger partial charge on any atom is 0.255 e. The Morgan fingerprint density at radius 3 is 1.11 bits per heavy atom. The lowest BCUT2D eigenvalue weighted by molar-refractivity contribution is -0.128. The first kappa shape index (κ1) is 26.2. The molecule has 0 fully saturated rings. The lowest BCUT2D eigenvalue weighted by Crippen LogP contribution is -2.23. The van der Waals surface area contributed by atoms with Crippen molar-refractivity contribution in [3.63, 3.8) is 0 Å². The highest BCUT2D eigenvalue weighted by Crippen LogP contribution is 2.15. The summed E-state index contributed by atoms with van der Waals surface area (Å²) in [4.78, 5) is 51.9. The predicted octanol–water partition coefficient (Wildman–Crippen LogP) is 3.45. The number of nitrogens with one attached hydrogen (secondary N) is 2. The van der Waals surface area contributed by atoms with E-state index in [1.54, 1.807) is 101 Å². The molecule has 4 amide bonds. The van der Waals surface area contributed by atoms with Crippen LogP contribution in [0.4, 0.5) is 11.4 Å². The third-order valence-electron chi connectivity index (χ3n) is 5.54. The number of benzene rings is 3. The molecular formula is C28H30N4O4. The number of carbonyl (C=O) groups excluding carboxylic acids is 4. The van der Waals surface area contributed by atoms with Gasteiger partial charge in [0.15, 0.2) is 0 Å². The van der Waals surface area contributed by atoms with E-state index in [4.69, 9.17) is 0 Å².